The summed E-state index contributed by atoms with van der Waals surface area (Å²) in [6, 6.07) is 13.8. The van der Waals surface area contributed by atoms with Crippen LogP contribution in [-0.2, 0) is 11.3 Å². The standard InChI is InChI=1S/C17H17Cl2NO4/c18-12-6-7-14(19)13(8-12)16(22)15(21)9-20-17(23)24-10-11-4-2-1-3-5-11/h1-8,15-16,21-22H,9-10H2,(H,20,23). The lowest BCUT2D eigenvalue weighted by Crippen LogP contribution is -2.35. The minimum absolute atomic E-state index is 0.117. The summed E-state index contributed by atoms with van der Waals surface area (Å²) in [7, 11) is 0. The second-order valence-corrected chi connectivity index (χ2v) is 5.96. The second kappa shape index (κ2) is 8.89. The van der Waals surface area contributed by atoms with Crippen molar-refractivity contribution in [3.63, 3.8) is 0 Å². The minimum atomic E-state index is -1.29. The van der Waals surface area contributed by atoms with E-state index in [1.165, 1.54) is 12.1 Å². The van der Waals surface area contributed by atoms with Crippen LogP contribution in [0.5, 0.6) is 0 Å². The lowest BCUT2D eigenvalue weighted by molar-refractivity contribution is 0.0184. The average Bonchev–Trinajstić information content (AvgIpc) is 2.60. The molecule has 0 aromatic heterocycles. The molecule has 2 unspecified atom stereocenters. The number of benzene rings is 2. The molecule has 0 spiro atoms. The van der Waals surface area contributed by atoms with E-state index in [1.54, 1.807) is 6.07 Å². The van der Waals surface area contributed by atoms with E-state index < -0.39 is 18.3 Å². The smallest absolute Gasteiger partial charge is 0.407 e. The first-order valence-electron chi connectivity index (χ1n) is 7.23. The molecular weight excluding hydrogens is 353 g/mol. The van der Waals surface area contributed by atoms with E-state index in [4.69, 9.17) is 27.9 Å². The fourth-order valence-corrected chi connectivity index (χ4v) is 2.43. The van der Waals surface area contributed by atoms with Crippen LogP contribution in [0, 0.1) is 0 Å². The van der Waals surface area contributed by atoms with Crippen LogP contribution in [0.4, 0.5) is 4.79 Å². The van der Waals surface area contributed by atoms with E-state index >= 15 is 0 Å². The highest BCUT2D eigenvalue weighted by atomic mass is 35.5. The zero-order valence-electron chi connectivity index (χ0n) is 12.7. The largest absolute Gasteiger partial charge is 0.445 e. The zero-order valence-corrected chi connectivity index (χ0v) is 14.2. The maximum Gasteiger partial charge on any atom is 0.407 e. The summed E-state index contributed by atoms with van der Waals surface area (Å²) in [6.45, 7) is -0.0803. The Hall–Kier alpha value is -1.79. The fraction of sp³-hybridized carbons (Fsp3) is 0.235. The Morgan fingerprint density at radius 1 is 1.12 bits per heavy atom. The number of nitrogens with one attached hydrogen (secondary N) is 1. The first-order chi connectivity index (χ1) is 11.5. The third kappa shape index (κ3) is 5.39. The summed E-state index contributed by atoms with van der Waals surface area (Å²) in [5, 5.41) is 23.2. The monoisotopic (exact) mass is 369 g/mol. The van der Waals surface area contributed by atoms with Crippen molar-refractivity contribution in [2.24, 2.45) is 0 Å². The molecule has 24 heavy (non-hydrogen) atoms. The lowest BCUT2D eigenvalue weighted by atomic mass is 10.0. The number of aliphatic hydroxyl groups excluding tert-OH is 2. The SMILES string of the molecule is O=C(NCC(O)C(O)c1cc(Cl)ccc1Cl)OCc1ccccc1. The van der Waals surface area contributed by atoms with Crippen LogP contribution in [0.25, 0.3) is 0 Å². The summed E-state index contributed by atoms with van der Waals surface area (Å²) < 4.78 is 5.02. The van der Waals surface area contributed by atoms with Gasteiger partial charge in [0.25, 0.3) is 0 Å². The Morgan fingerprint density at radius 3 is 2.54 bits per heavy atom. The third-order valence-corrected chi connectivity index (χ3v) is 3.89. The molecule has 0 aliphatic carbocycles. The molecule has 2 aromatic rings. The number of ether oxygens (including phenoxy) is 1. The summed E-state index contributed by atoms with van der Waals surface area (Å²) in [5.74, 6) is 0. The molecule has 128 valence electrons. The summed E-state index contributed by atoms with van der Waals surface area (Å²) in [4.78, 5) is 11.6. The van der Waals surface area contributed by atoms with Gasteiger partial charge in [-0.25, -0.2) is 4.79 Å². The van der Waals surface area contributed by atoms with E-state index in [1.807, 2.05) is 30.3 Å². The van der Waals surface area contributed by atoms with E-state index in [0.29, 0.717) is 5.02 Å². The van der Waals surface area contributed by atoms with Crippen LogP contribution in [0.3, 0.4) is 0 Å². The average molecular weight is 370 g/mol. The maximum absolute atomic E-state index is 11.6. The fourth-order valence-electron chi connectivity index (χ4n) is 2.02. The molecule has 0 aliphatic rings. The van der Waals surface area contributed by atoms with Crippen LogP contribution in [0.15, 0.2) is 48.5 Å². The number of aliphatic hydroxyl groups is 2. The highest BCUT2D eigenvalue weighted by Crippen LogP contribution is 2.28. The Kier molecular flexibility index (Phi) is 6.87. The first-order valence-corrected chi connectivity index (χ1v) is 7.98. The number of amides is 1. The highest BCUT2D eigenvalue weighted by Gasteiger charge is 2.22. The molecule has 0 bridgehead atoms. The second-order valence-electron chi connectivity index (χ2n) is 5.12. The molecule has 0 aliphatic heterocycles. The summed E-state index contributed by atoms with van der Waals surface area (Å²) >= 11 is 11.8. The van der Waals surface area contributed by atoms with Crippen molar-refractivity contribution in [2.75, 3.05) is 6.54 Å². The molecule has 2 aromatic carbocycles. The van der Waals surface area contributed by atoms with Gasteiger partial charge < -0.3 is 20.3 Å². The van der Waals surface area contributed by atoms with Crippen molar-refractivity contribution in [2.45, 2.75) is 18.8 Å². The first kappa shape index (κ1) is 18.5. The molecule has 0 heterocycles. The van der Waals surface area contributed by atoms with Gasteiger partial charge in [-0.1, -0.05) is 53.5 Å². The number of halogens is 2. The van der Waals surface area contributed by atoms with Gasteiger partial charge in [0.05, 0.1) is 0 Å². The van der Waals surface area contributed by atoms with Crippen molar-refractivity contribution in [1.29, 1.82) is 0 Å². The maximum atomic E-state index is 11.6. The highest BCUT2D eigenvalue weighted by molar-refractivity contribution is 6.33. The zero-order chi connectivity index (χ0) is 17.5. The van der Waals surface area contributed by atoms with Crippen LogP contribution < -0.4 is 5.32 Å². The van der Waals surface area contributed by atoms with E-state index in [9.17, 15) is 15.0 Å². The van der Waals surface area contributed by atoms with Crippen LogP contribution in [-0.4, -0.2) is 29.0 Å². The Balaban J connectivity index is 1.82. The predicted octanol–water partition coefficient (Wildman–Crippen LogP) is 3.31. The van der Waals surface area contributed by atoms with Gasteiger partial charge in [0.15, 0.2) is 0 Å². The topological polar surface area (TPSA) is 78.8 Å². The number of carbonyl (C=O) groups is 1. The number of alkyl carbamates (subject to hydrolysis) is 1. The van der Waals surface area contributed by atoms with Crippen molar-refractivity contribution < 1.29 is 19.7 Å². The summed E-state index contributed by atoms with van der Waals surface area (Å²) in [6.07, 6.45) is -3.24. The van der Waals surface area contributed by atoms with Crippen LogP contribution >= 0.6 is 23.2 Å². The van der Waals surface area contributed by atoms with Gasteiger partial charge in [0.2, 0.25) is 0 Å². The molecule has 2 atom stereocenters. The molecule has 0 saturated heterocycles. The number of hydrogen-bond acceptors (Lipinski definition) is 4. The number of rotatable bonds is 6. The quantitative estimate of drug-likeness (QED) is 0.729. The van der Waals surface area contributed by atoms with Gasteiger partial charge in [-0.2, -0.15) is 0 Å². The third-order valence-electron chi connectivity index (χ3n) is 3.31. The van der Waals surface area contributed by atoms with Crippen molar-refractivity contribution in [3.8, 4) is 0 Å². The minimum Gasteiger partial charge on any atom is -0.445 e. The van der Waals surface area contributed by atoms with Crippen LogP contribution in [0.2, 0.25) is 10.0 Å². The normalized spacial score (nSPS) is 13.2. The molecular formula is C17H17Cl2NO4. The molecule has 0 fully saturated rings. The Morgan fingerprint density at radius 2 is 1.83 bits per heavy atom. The Labute approximate surface area is 149 Å². The van der Waals surface area contributed by atoms with Gasteiger partial charge in [0.1, 0.15) is 18.8 Å². The molecule has 1 amide bonds. The van der Waals surface area contributed by atoms with Gasteiger partial charge in [-0.3, -0.25) is 0 Å². The summed E-state index contributed by atoms with van der Waals surface area (Å²) in [5.41, 5.74) is 1.13. The predicted molar refractivity (Wildman–Crippen MR) is 92.1 cm³/mol. The van der Waals surface area contributed by atoms with Crippen molar-refractivity contribution in [3.05, 3.63) is 69.7 Å². The molecule has 2 rings (SSSR count). The lowest BCUT2D eigenvalue weighted by Gasteiger charge is -2.19. The Bertz CT molecular complexity index is 682. The van der Waals surface area contributed by atoms with Gasteiger partial charge in [-0.05, 0) is 23.8 Å². The molecule has 3 N–H and O–H groups in total. The van der Waals surface area contributed by atoms with Gasteiger partial charge in [-0.15, -0.1) is 0 Å². The molecule has 7 heteroatoms. The van der Waals surface area contributed by atoms with E-state index in [-0.39, 0.29) is 23.7 Å². The van der Waals surface area contributed by atoms with Crippen LogP contribution in [0.1, 0.15) is 17.2 Å². The van der Waals surface area contributed by atoms with E-state index in [2.05, 4.69) is 5.32 Å². The van der Waals surface area contributed by atoms with Crippen molar-refractivity contribution in [1.82, 2.24) is 5.32 Å². The number of carbonyl (C=O) groups excluding carboxylic acids is 1. The number of hydrogen-bond donors (Lipinski definition) is 3. The van der Waals surface area contributed by atoms with E-state index in [0.717, 1.165) is 5.56 Å². The molecule has 5 nitrogen and oxygen atoms in total. The van der Waals surface area contributed by atoms with Crippen molar-refractivity contribution >= 4 is 29.3 Å². The van der Waals surface area contributed by atoms with Gasteiger partial charge >= 0.3 is 6.09 Å². The molecule has 0 saturated carbocycles. The van der Waals surface area contributed by atoms with Gasteiger partial charge in [0, 0.05) is 22.2 Å². The molecule has 0 radical (unpaired) electrons.